The van der Waals surface area contributed by atoms with E-state index < -0.39 is 0 Å². The Balaban J connectivity index is 1.73. The first-order valence-electron chi connectivity index (χ1n) is 8.16. The van der Waals surface area contributed by atoms with Crippen molar-refractivity contribution in [3.63, 3.8) is 0 Å². The second kappa shape index (κ2) is 6.31. The van der Waals surface area contributed by atoms with Crippen molar-refractivity contribution in [1.29, 1.82) is 0 Å². The van der Waals surface area contributed by atoms with Gasteiger partial charge < -0.3 is 19.4 Å². The Kier molecular flexibility index (Phi) is 4.39. The summed E-state index contributed by atoms with van der Waals surface area (Å²) in [5.41, 5.74) is 2.10. The van der Waals surface area contributed by atoms with Crippen LogP contribution in [0.25, 0.3) is 0 Å². The van der Waals surface area contributed by atoms with Gasteiger partial charge in [0.05, 0.1) is 17.9 Å². The van der Waals surface area contributed by atoms with Crippen LogP contribution in [0.4, 0.5) is 10.6 Å². The van der Waals surface area contributed by atoms with E-state index in [0.29, 0.717) is 26.2 Å². The van der Waals surface area contributed by atoms with Crippen molar-refractivity contribution in [3.8, 4) is 0 Å². The van der Waals surface area contributed by atoms with Crippen LogP contribution in [0.5, 0.6) is 0 Å². The van der Waals surface area contributed by atoms with Crippen LogP contribution in [-0.2, 0) is 17.7 Å². The van der Waals surface area contributed by atoms with Crippen LogP contribution in [0.3, 0.4) is 0 Å². The van der Waals surface area contributed by atoms with Crippen molar-refractivity contribution in [2.24, 2.45) is 0 Å². The number of carbonyl (C=O) groups is 1. The van der Waals surface area contributed by atoms with Gasteiger partial charge in [-0.1, -0.05) is 0 Å². The summed E-state index contributed by atoms with van der Waals surface area (Å²) in [4.78, 5) is 18.6. The number of nitrogens with zero attached hydrogens (tertiary/aromatic N) is 5. The highest BCUT2D eigenvalue weighted by molar-refractivity contribution is 5.75. The number of hydrogen-bond donors (Lipinski definition) is 0. The largest absolute Gasteiger partial charge is 0.372 e. The van der Waals surface area contributed by atoms with Gasteiger partial charge in [0.2, 0.25) is 0 Å². The monoisotopic (exact) mass is 319 g/mol. The van der Waals surface area contributed by atoms with Gasteiger partial charge in [0.1, 0.15) is 0 Å². The first-order valence-corrected chi connectivity index (χ1v) is 8.16. The Morgan fingerprint density at radius 1 is 1.22 bits per heavy atom. The van der Waals surface area contributed by atoms with Crippen molar-refractivity contribution in [3.05, 3.63) is 17.3 Å². The summed E-state index contributed by atoms with van der Waals surface area (Å²) in [6.45, 7) is 6.64. The number of carbonyl (C=O) groups excluding carboxylic acids is 1. The number of hydrogen-bond acceptors (Lipinski definition) is 5. The molecule has 0 N–H and O–H groups in total. The first-order chi connectivity index (χ1) is 10.9. The van der Waals surface area contributed by atoms with Crippen molar-refractivity contribution in [1.82, 2.24) is 20.0 Å². The van der Waals surface area contributed by atoms with Crippen LogP contribution >= 0.6 is 0 Å². The van der Waals surface area contributed by atoms with Gasteiger partial charge in [0.15, 0.2) is 5.82 Å². The zero-order chi connectivity index (χ0) is 16.6. The van der Waals surface area contributed by atoms with Crippen molar-refractivity contribution in [2.45, 2.75) is 39.0 Å². The summed E-state index contributed by atoms with van der Waals surface area (Å²) in [6, 6.07) is 2.13. The number of rotatable bonds is 1. The minimum Gasteiger partial charge on any atom is -0.372 e. The Morgan fingerprint density at radius 2 is 1.91 bits per heavy atom. The zero-order valence-electron chi connectivity index (χ0n) is 14.3. The zero-order valence-corrected chi connectivity index (χ0v) is 14.3. The molecule has 0 spiro atoms. The smallest absolute Gasteiger partial charge is 0.320 e. The van der Waals surface area contributed by atoms with Gasteiger partial charge in [0.25, 0.3) is 0 Å². The molecule has 0 bridgehead atoms. The van der Waals surface area contributed by atoms with Gasteiger partial charge >= 0.3 is 6.03 Å². The van der Waals surface area contributed by atoms with Crippen molar-refractivity contribution < 1.29 is 9.53 Å². The number of urea groups is 1. The van der Waals surface area contributed by atoms with Crippen LogP contribution < -0.4 is 4.90 Å². The molecule has 2 aliphatic heterocycles. The standard InChI is InChI=1S/C16H25N5O2/c1-11-8-21(9-12(2)23-11)16(22)20-6-5-14-13(10-20)7-15(18-17-14)19(3)4/h7,11-12H,5-6,8-10H2,1-4H3/t11-,12+. The van der Waals surface area contributed by atoms with Crippen molar-refractivity contribution >= 4 is 11.8 Å². The van der Waals surface area contributed by atoms with E-state index in [1.54, 1.807) is 0 Å². The molecule has 7 nitrogen and oxygen atoms in total. The van der Waals surface area contributed by atoms with E-state index in [9.17, 15) is 4.79 Å². The minimum atomic E-state index is 0.0889. The molecule has 2 atom stereocenters. The highest BCUT2D eigenvalue weighted by Crippen LogP contribution is 2.22. The van der Waals surface area contributed by atoms with Gasteiger partial charge in [-0.15, -0.1) is 5.10 Å². The lowest BCUT2D eigenvalue weighted by atomic mass is 10.1. The molecular formula is C16H25N5O2. The number of anilines is 1. The molecule has 2 aliphatic rings. The van der Waals surface area contributed by atoms with Crippen LogP contribution in [0.15, 0.2) is 6.07 Å². The highest BCUT2D eigenvalue weighted by Gasteiger charge is 2.31. The molecule has 0 radical (unpaired) electrons. The molecule has 126 valence electrons. The van der Waals surface area contributed by atoms with E-state index in [1.165, 1.54) is 0 Å². The molecule has 0 aromatic carbocycles. The molecule has 3 heterocycles. The normalized spacial score (nSPS) is 24.3. The molecule has 1 aromatic rings. The fourth-order valence-electron chi connectivity index (χ4n) is 3.23. The van der Waals surface area contributed by atoms with Gasteiger partial charge in [-0.2, -0.15) is 5.10 Å². The number of ether oxygens (including phenoxy) is 1. The van der Waals surface area contributed by atoms with E-state index in [1.807, 2.05) is 48.7 Å². The minimum absolute atomic E-state index is 0.0889. The Hall–Kier alpha value is -1.89. The predicted octanol–water partition coefficient (Wildman–Crippen LogP) is 1.13. The maximum Gasteiger partial charge on any atom is 0.320 e. The lowest BCUT2D eigenvalue weighted by molar-refractivity contribution is -0.0585. The number of aromatic nitrogens is 2. The number of amides is 2. The van der Waals surface area contributed by atoms with Crippen LogP contribution in [0.1, 0.15) is 25.1 Å². The number of fused-ring (bicyclic) bond motifs is 1. The van der Waals surface area contributed by atoms with E-state index >= 15 is 0 Å². The highest BCUT2D eigenvalue weighted by atomic mass is 16.5. The molecule has 7 heteroatoms. The molecule has 0 saturated carbocycles. The molecule has 0 unspecified atom stereocenters. The van der Waals surface area contributed by atoms with Crippen LogP contribution in [-0.4, -0.2) is 72.0 Å². The Labute approximate surface area is 137 Å². The summed E-state index contributed by atoms with van der Waals surface area (Å²) in [5, 5.41) is 8.52. The molecular weight excluding hydrogens is 294 g/mol. The van der Waals surface area contributed by atoms with Gasteiger partial charge in [-0.3, -0.25) is 0 Å². The maximum absolute atomic E-state index is 12.8. The molecule has 3 rings (SSSR count). The molecule has 1 aromatic heterocycles. The predicted molar refractivity (Wildman–Crippen MR) is 87.5 cm³/mol. The molecule has 0 aliphatic carbocycles. The third-order valence-corrected chi connectivity index (χ3v) is 4.35. The van der Waals surface area contributed by atoms with Gasteiger partial charge in [-0.05, 0) is 25.5 Å². The Bertz CT molecular complexity index is 582. The second-order valence-corrected chi connectivity index (χ2v) is 6.69. The fourth-order valence-corrected chi connectivity index (χ4v) is 3.23. The van der Waals surface area contributed by atoms with Crippen LogP contribution in [0.2, 0.25) is 0 Å². The van der Waals surface area contributed by atoms with Crippen LogP contribution in [0, 0.1) is 0 Å². The maximum atomic E-state index is 12.8. The molecule has 23 heavy (non-hydrogen) atoms. The third-order valence-electron chi connectivity index (χ3n) is 4.35. The SMILES string of the molecule is C[C@@H]1CN(C(=O)N2CCc3nnc(N(C)C)cc3C2)C[C@H](C)O1. The van der Waals surface area contributed by atoms with E-state index in [2.05, 4.69) is 10.2 Å². The molecule has 2 amide bonds. The average molecular weight is 319 g/mol. The lowest BCUT2D eigenvalue weighted by Gasteiger charge is -2.39. The summed E-state index contributed by atoms with van der Waals surface area (Å²) in [7, 11) is 3.89. The molecule has 1 fully saturated rings. The average Bonchev–Trinajstić information content (AvgIpc) is 2.52. The number of morpholine rings is 1. The van der Waals surface area contributed by atoms with Gasteiger partial charge in [0, 0.05) is 46.7 Å². The summed E-state index contributed by atoms with van der Waals surface area (Å²) < 4.78 is 5.72. The van der Waals surface area contributed by atoms with E-state index in [-0.39, 0.29) is 18.2 Å². The topological polar surface area (TPSA) is 61.8 Å². The first kappa shape index (κ1) is 16.0. The molecule has 1 saturated heterocycles. The summed E-state index contributed by atoms with van der Waals surface area (Å²) >= 11 is 0. The summed E-state index contributed by atoms with van der Waals surface area (Å²) in [5.74, 6) is 0.826. The van der Waals surface area contributed by atoms with Gasteiger partial charge in [-0.25, -0.2) is 4.79 Å². The third kappa shape index (κ3) is 3.39. The lowest BCUT2D eigenvalue weighted by Crippen LogP contribution is -2.53. The van der Waals surface area contributed by atoms with Crippen molar-refractivity contribution in [2.75, 3.05) is 38.6 Å². The second-order valence-electron chi connectivity index (χ2n) is 6.69. The van der Waals surface area contributed by atoms with E-state index in [4.69, 9.17) is 4.74 Å². The quantitative estimate of drug-likeness (QED) is 0.776. The summed E-state index contributed by atoms with van der Waals surface area (Å²) in [6.07, 6.45) is 0.939. The van der Waals surface area contributed by atoms with E-state index in [0.717, 1.165) is 23.5 Å². The fraction of sp³-hybridized carbons (Fsp3) is 0.688. The Morgan fingerprint density at radius 3 is 2.57 bits per heavy atom.